The fourth-order valence-electron chi connectivity index (χ4n) is 1.61. The molecule has 15 heavy (non-hydrogen) atoms. The molecule has 1 aromatic heterocycles. The molecule has 82 valence electrons. The Morgan fingerprint density at radius 1 is 1.73 bits per heavy atom. The molecule has 0 aromatic carbocycles. The SMILES string of the molecule is NCC1CCC(C(=O)Nc2cn[nH]c2)O1. The Balaban J connectivity index is 1.87. The molecule has 4 N–H and O–H groups in total. The smallest absolute Gasteiger partial charge is 0.253 e. The largest absolute Gasteiger partial charge is 0.364 e. The Morgan fingerprint density at radius 2 is 2.60 bits per heavy atom. The summed E-state index contributed by atoms with van der Waals surface area (Å²) in [4.78, 5) is 11.7. The number of hydrogen-bond acceptors (Lipinski definition) is 4. The van der Waals surface area contributed by atoms with Gasteiger partial charge in [0.1, 0.15) is 6.10 Å². The van der Waals surface area contributed by atoms with Crippen molar-refractivity contribution in [2.45, 2.75) is 25.0 Å². The Hall–Kier alpha value is -1.40. The molecule has 1 saturated heterocycles. The van der Waals surface area contributed by atoms with Gasteiger partial charge >= 0.3 is 0 Å². The molecule has 1 aliphatic rings. The van der Waals surface area contributed by atoms with Gasteiger partial charge in [-0.05, 0) is 12.8 Å². The first-order valence-electron chi connectivity index (χ1n) is 4.95. The van der Waals surface area contributed by atoms with Crippen LogP contribution in [0.2, 0.25) is 0 Å². The van der Waals surface area contributed by atoms with E-state index in [9.17, 15) is 4.79 Å². The summed E-state index contributed by atoms with van der Waals surface area (Å²) >= 11 is 0. The number of ether oxygens (including phenoxy) is 1. The van der Waals surface area contributed by atoms with Crippen molar-refractivity contribution in [1.82, 2.24) is 10.2 Å². The first-order chi connectivity index (χ1) is 7.29. The van der Waals surface area contributed by atoms with Crippen molar-refractivity contribution in [1.29, 1.82) is 0 Å². The number of aromatic nitrogens is 2. The van der Waals surface area contributed by atoms with Gasteiger partial charge < -0.3 is 15.8 Å². The normalized spacial score (nSPS) is 25.4. The summed E-state index contributed by atoms with van der Waals surface area (Å²) in [6, 6.07) is 0. The number of carbonyl (C=O) groups is 1. The fraction of sp³-hybridized carbons (Fsp3) is 0.556. The number of carbonyl (C=O) groups excluding carboxylic acids is 1. The van der Waals surface area contributed by atoms with E-state index in [1.807, 2.05) is 0 Å². The minimum Gasteiger partial charge on any atom is -0.364 e. The van der Waals surface area contributed by atoms with E-state index < -0.39 is 0 Å². The van der Waals surface area contributed by atoms with Gasteiger partial charge in [0, 0.05) is 12.7 Å². The fourth-order valence-corrected chi connectivity index (χ4v) is 1.61. The van der Waals surface area contributed by atoms with Crippen LogP contribution in [0.25, 0.3) is 0 Å². The van der Waals surface area contributed by atoms with Gasteiger partial charge in [-0.1, -0.05) is 0 Å². The third-order valence-corrected chi connectivity index (χ3v) is 2.43. The topological polar surface area (TPSA) is 93.0 Å². The average Bonchev–Trinajstić information content (AvgIpc) is 2.86. The van der Waals surface area contributed by atoms with E-state index in [1.54, 1.807) is 12.4 Å². The lowest BCUT2D eigenvalue weighted by atomic mass is 10.2. The predicted octanol–water partition coefficient (Wildman–Crippen LogP) is -0.146. The molecule has 1 aromatic rings. The standard InChI is InChI=1S/C9H14N4O2/c10-3-7-1-2-8(15-7)9(14)13-6-4-11-12-5-6/h4-5,7-8H,1-3,10H2,(H,11,12)(H,13,14). The summed E-state index contributed by atoms with van der Waals surface area (Å²) in [6.45, 7) is 0.468. The second-order valence-electron chi connectivity index (χ2n) is 3.54. The highest BCUT2D eigenvalue weighted by molar-refractivity contribution is 5.94. The summed E-state index contributed by atoms with van der Waals surface area (Å²) in [5.74, 6) is -0.132. The summed E-state index contributed by atoms with van der Waals surface area (Å²) in [6.07, 6.45) is 4.38. The van der Waals surface area contributed by atoms with Crippen LogP contribution < -0.4 is 11.1 Å². The van der Waals surface area contributed by atoms with Gasteiger partial charge in [-0.25, -0.2) is 0 Å². The van der Waals surface area contributed by atoms with Crippen LogP contribution in [0.15, 0.2) is 12.4 Å². The van der Waals surface area contributed by atoms with E-state index in [-0.39, 0.29) is 18.1 Å². The van der Waals surface area contributed by atoms with Crippen molar-refractivity contribution < 1.29 is 9.53 Å². The average molecular weight is 210 g/mol. The number of H-pyrrole nitrogens is 1. The second kappa shape index (κ2) is 4.41. The number of amides is 1. The van der Waals surface area contributed by atoms with E-state index in [4.69, 9.17) is 10.5 Å². The first-order valence-corrected chi connectivity index (χ1v) is 4.95. The van der Waals surface area contributed by atoms with Crippen LogP contribution in [0.3, 0.4) is 0 Å². The molecule has 1 amide bonds. The van der Waals surface area contributed by atoms with Gasteiger partial charge in [-0.15, -0.1) is 0 Å². The zero-order valence-corrected chi connectivity index (χ0v) is 8.27. The molecule has 6 heteroatoms. The van der Waals surface area contributed by atoms with Crippen LogP contribution in [0.1, 0.15) is 12.8 Å². The van der Waals surface area contributed by atoms with Crippen molar-refractivity contribution >= 4 is 11.6 Å². The summed E-state index contributed by atoms with van der Waals surface area (Å²) in [5.41, 5.74) is 6.11. The van der Waals surface area contributed by atoms with Crippen molar-refractivity contribution in [2.75, 3.05) is 11.9 Å². The zero-order valence-electron chi connectivity index (χ0n) is 8.27. The number of anilines is 1. The molecule has 0 aliphatic carbocycles. The first kappa shape index (κ1) is 10.1. The number of aromatic amines is 1. The lowest BCUT2D eigenvalue weighted by Gasteiger charge is -2.11. The maximum absolute atomic E-state index is 11.7. The molecule has 1 aliphatic heterocycles. The molecule has 0 spiro atoms. The number of hydrogen-bond donors (Lipinski definition) is 3. The van der Waals surface area contributed by atoms with Crippen molar-refractivity contribution in [2.24, 2.45) is 5.73 Å². The molecule has 2 unspecified atom stereocenters. The highest BCUT2D eigenvalue weighted by atomic mass is 16.5. The number of nitrogens with one attached hydrogen (secondary N) is 2. The molecular formula is C9H14N4O2. The van der Waals surface area contributed by atoms with E-state index in [0.717, 1.165) is 12.8 Å². The Morgan fingerprint density at radius 3 is 3.20 bits per heavy atom. The van der Waals surface area contributed by atoms with E-state index in [2.05, 4.69) is 15.5 Å². The van der Waals surface area contributed by atoms with Crippen LogP contribution in [0.5, 0.6) is 0 Å². The van der Waals surface area contributed by atoms with Crippen molar-refractivity contribution in [3.05, 3.63) is 12.4 Å². The molecule has 1 fully saturated rings. The lowest BCUT2D eigenvalue weighted by molar-refractivity contribution is -0.126. The van der Waals surface area contributed by atoms with Crippen LogP contribution in [0, 0.1) is 0 Å². The Kier molecular flexibility index (Phi) is 2.98. The van der Waals surface area contributed by atoms with Gasteiger partial charge in [0.15, 0.2) is 0 Å². The molecule has 2 atom stereocenters. The quantitative estimate of drug-likeness (QED) is 0.647. The number of nitrogens with two attached hydrogens (primary N) is 1. The molecular weight excluding hydrogens is 196 g/mol. The van der Waals surface area contributed by atoms with Crippen LogP contribution in [0.4, 0.5) is 5.69 Å². The zero-order chi connectivity index (χ0) is 10.7. The minimum absolute atomic E-state index is 0.0186. The molecule has 0 radical (unpaired) electrons. The second-order valence-corrected chi connectivity index (χ2v) is 3.54. The minimum atomic E-state index is -0.381. The van der Waals surface area contributed by atoms with Gasteiger partial charge in [0.05, 0.1) is 18.0 Å². The third-order valence-electron chi connectivity index (χ3n) is 2.43. The van der Waals surface area contributed by atoms with Crippen LogP contribution in [-0.4, -0.2) is 34.9 Å². The van der Waals surface area contributed by atoms with Gasteiger partial charge in [-0.3, -0.25) is 9.89 Å². The van der Waals surface area contributed by atoms with E-state index in [0.29, 0.717) is 12.2 Å². The Bertz CT molecular complexity index is 325. The van der Waals surface area contributed by atoms with Gasteiger partial charge in [0.25, 0.3) is 5.91 Å². The Labute approximate surface area is 87.2 Å². The highest BCUT2D eigenvalue weighted by Gasteiger charge is 2.29. The number of rotatable bonds is 3. The third kappa shape index (κ3) is 2.34. The highest BCUT2D eigenvalue weighted by Crippen LogP contribution is 2.20. The number of nitrogens with zero attached hydrogens (tertiary/aromatic N) is 1. The van der Waals surface area contributed by atoms with Gasteiger partial charge in [0.2, 0.25) is 0 Å². The molecule has 6 nitrogen and oxygen atoms in total. The van der Waals surface area contributed by atoms with E-state index >= 15 is 0 Å². The predicted molar refractivity (Wildman–Crippen MR) is 54.2 cm³/mol. The summed E-state index contributed by atoms with van der Waals surface area (Å²) in [7, 11) is 0. The van der Waals surface area contributed by atoms with Crippen LogP contribution in [-0.2, 0) is 9.53 Å². The summed E-state index contributed by atoms with van der Waals surface area (Å²) < 4.78 is 5.45. The summed E-state index contributed by atoms with van der Waals surface area (Å²) in [5, 5.41) is 9.06. The maximum Gasteiger partial charge on any atom is 0.253 e. The molecule has 2 heterocycles. The molecule has 2 rings (SSSR count). The molecule has 0 bridgehead atoms. The van der Waals surface area contributed by atoms with Crippen molar-refractivity contribution in [3.63, 3.8) is 0 Å². The lowest BCUT2D eigenvalue weighted by Crippen LogP contribution is -2.29. The van der Waals surface area contributed by atoms with Crippen LogP contribution >= 0.6 is 0 Å². The maximum atomic E-state index is 11.7. The van der Waals surface area contributed by atoms with Gasteiger partial charge in [-0.2, -0.15) is 5.10 Å². The van der Waals surface area contributed by atoms with E-state index in [1.165, 1.54) is 0 Å². The van der Waals surface area contributed by atoms with Crippen molar-refractivity contribution in [3.8, 4) is 0 Å². The monoisotopic (exact) mass is 210 g/mol. The molecule has 0 saturated carbocycles.